The molecule has 0 aromatic heterocycles. The van der Waals surface area contributed by atoms with Gasteiger partial charge in [0.25, 0.3) is 0 Å². The molecule has 0 saturated carbocycles. The van der Waals surface area contributed by atoms with Crippen LogP contribution >= 0.6 is 0 Å². The Morgan fingerprint density at radius 1 is 0.320 bits per heavy atom. The van der Waals surface area contributed by atoms with E-state index in [-0.39, 0.29) is 23.0 Å². The van der Waals surface area contributed by atoms with Gasteiger partial charge in [0.15, 0.2) is 0 Å². The molecule has 50 heavy (non-hydrogen) atoms. The molecule has 0 atom stereocenters. The average Bonchev–Trinajstić information content (AvgIpc) is 3.11. The van der Waals surface area contributed by atoms with Crippen molar-refractivity contribution in [2.24, 2.45) is 0 Å². The highest BCUT2D eigenvalue weighted by molar-refractivity contribution is 5.95. The highest BCUT2D eigenvalue weighted by Crippen LogP contribution is 2.46. The molecule has 0 unspecified atom stereocenters. The number of phenols is 4. The van der Waals surface area contributed by atoms with Crippen molar-refractivity contribution in [3.63, 3.8) is 0 Å². The number of aryl methyl sites for hydroxylation is 2. The minimum atomic E-state index is -0.0843. The number of unbranched alkanes of at least 4 members (excludes halogenated alkanes) is 14. The summed E-state index contributed by atoms with van der Waals surface area (Å²) in [6.45, 7) is 4.50. The van der Waals surface area contributed by atoms with Crippen LogP contribution in [0.4, 0.5) is 0 Å². The normalized spacial score (nSPS) is 11.6. The molecule has 0 fully saturated rings. The molecule has 4 N–H and O–H groups in total. The van der Waals surface area contributed by atoms with E-state index in [4.69, 9.17) is 0 Å². The summed E-state index contributed by atoms with van der Waals surface area (Å²) in [5.74, 6) is -0.0843. The maximum atomic E-state index is 11.2. The molecule has 266 valence electrons. The van der Waals surface area contributed by atoms with E-state index in [9.17, 15) is 20.4 Å². The number of fused-ring (bicyclic) bond motifs is 2. The third kappa shape index (κ3) is 9.96. The largest absolute Gasteiger partial charge is 0.507 e. The van der Waals surface area contributed by atoms with Gasteiger partial charge in [-0.25, -0.2) is 0 Å². The first kappa shape index (κ1) is 37.1. The molecule has 0 heterocycles. The number of phenolic OH excluding ortho intramolecular Hbond substituents is 4. The van der Waals surface area contributed by atoms with Crippen molar-refractivity contribution in [3.8, 4) is 45.3 Å². The van der Waals surface area contributed by atoms with Crippen LogP contribution in [0.2, 0.25) is 0 Å². The first-order valence-corrected chi connectivity index (χ1v) is 19.5. The molecule has 0 saturated heterocycles. The van der Waals surface area contributed by atoms with Crippen LogP contribution in [0, 0.1) is 0 Å². The van der Waals surface area contributed by atoms with E-state index >= 15 is 0 Å². The van der Waals surface area contributed by atoms with Gasteiger partial charge in [-0.2, -0.15) is 0 Å². The molecular weight excluding hydrogens is 617 g/mol. The highest BCUT2D eigenvalue weighted by Gasteiger charge is 2.18. The fourth-order valence-corrected chi connectivity index (χ4v) is 7.35. The van der Waals surface area contributed by atoms with Crippen molar-refractivity contribution in [2.45, 2.75) is 129 Å². The topological polar surface area (TPSA) is 80.9 Å². The predicted octanol–water partition coefficient (Wildman–Crippen LogP) is 13.5. The van der Waals surface area contributed by atoms with Crippen LogP contribution in [0.25, 0.3) is 43.8 Å². The van der Waals surface area contributed by atoms with Crippen LogP contribution in [-0.4, -0.2) is 20.4 Å². The van der Waals surface area contributed by atoms with Crippen molar-refractivity contribution in [1.29, 1.82) is 0 Å². The van der Waals surface area contributed by atoms with Crippen LogP contribution in [0.3, 0.4) is 0 Å². The third-order valence-electron chi connectivity index (χ3n) is 10.4. The molecule has 0 aliphatic rings. The van der Waals surface area contributed by atoms with E-state index in [1.165, 1.54) is 113 Å². The van der Waals surface area contributed by atoms with E-state index in [1.54, 1.807) is 12.1 Å². The van der Waals surface area contributed by atoms with Crippen LogP contribution in [-0.2, 0) is 12.8 Å². The Kier molecular flexibility index (Phi) is 13.9. The van der Waals surface area contributed by atoms with E-state index in [2.05, 4.69) is 50.2 Å². The lowest BCUT2D eigenvalue weighted by atomic mass is 9.93. The molecule has 0 spiro atoms. The molecule has 4 heteroatoms. The van der Waals surface area contributed by atoms with Crippen LogP contribution in [0.5, 0.6) is 23.0 Å². The molecule has 0 aliphatic heterocycles. The molecule has 5 rings (SSSR count). The molecule has 5 aromatic rings. The maximum absolute atomic E-state index is 11.2. The van der Waals surface area contributed by atoms with Gasteiger partial charge in [0.05, 0.1) is 0 Å². The van der Waals surface area contributed by atoms with Gasteiger partial charge >= 0.3 is 0 Å². The van der Waals surface area contributed by atoms with Crippen molar-refractivity contribution in [3.05, 3.63) is 83.9 Å². The SMILES string of the molecule is CCCCCCCCCCc1ccc2cc(-c3cc(O)c(-c4cc5ccc(CCCCCCCCCC)cc5cc4O)cc3O)c(O)cc2c1. The zero-order valence-corrected chi connectivity index (χ0v) is 30.4. The summed E-state index contributed by atoms with van der Waals surface area (Å²) in [6.07, 6.45) is 22.7. The van der Waals surface area contributed by atoms with Crippen molar-refractivity contribution in [2.75, 3.05) is 0 Å². The quantitative estimate of drug-likeness (QED) is 0.0489. The second kappa shape index (κ2) is 18.7. The Hall–Kier alpha value is -4.18. The third-order valence-corrected chi connectivity index (χ3v) is 10.4. The second-order valence-electron chi connectivity index (χ2n) is 14.4. The predicted molar refractivity (Wildman–Crippen MR) is 212 cm³/mol. The molecule has 0 radical (unpaired) electrons. The highest BCUT2D eigenvalue weighted by atomic mass is 16.3. The smallest absolute Gasteiger partial charge is 0.124 e. The Morgan fingerprint density at radius 3 is 1.02 bits per heavy atom. The van der Waals surface area contributed by atoms with Crippen LogP contribution < -0.4 is 0 Å². The Morgan fingerprint density at radius 2 is 0.640 bits per heavy atom. The van der Waals surface area contributed by atoms with Gasteiger partial charge in [0.2, 0.25) is 0 Å². The summed E-state index contributed by atoms with van der Waals surface area (Å²) in [4.78, 5) is 0. The lowest BCUT2D eigenvalue weighted by Gasteiger charge is -2.15. The van der Waals surface area contributed by atoms with Crippen molar-refractivity contribution >= 4 is 21.5 Å². The van der Waals surface area contributed by atoms with Gasteiger partial charge < -0.3 is 20.4 Å². The maximum Gasteiger partial charge on any atom is 0.124 e. The van der Waals surface area contributed by atoms with Crippen LogP contribution in [0.15, 0.2) is 72.8 Å². The molecule has 0 bridgehead atoms. The number of benzene rings is 5. The Balaban J connectivity index is 1.25. The average molecular weight is 675 g/mol. The zero-order valence-electron chi connectivity index (χ0n) is 30.4. The zero-order chi connectivity index (χ0) is 35.3. The van der Waals surface area contributed by atoms with Gasteiger partial charge in [0, 0.05) is 22.3 Å². The standard InChI is InChI=1S/C46H58O4/c1-3-5-7-9-11-13-15-17-19-33-21-23-35-27-39(43(47)29-37(35)25-33)41-31-46(50)42(32-45(41)49)40-28-36-24-22-34(26-38(36)30-44(40)48)20-18-16-14-12-10-8-6-4-2/h21-32,47-50H,3-20H2,1-2H3. The number of aromatic hydroxyl groups is 4. The minimum Gasteiger partial charge on any atom is -0.507 e. The first-order chi connectivity index (χ1) is 24.4. The van der Waals surface area contributed by atoms with Crippen LogP contribution in [0.1, 0.15) is 128 Å². The summed E-state index contributed by atoms with van der Waals surface area (Å²) in [5, 5.41) is 48.3. The lowest BCUT2D eigenvalue weighted by molar-refractivity contribution is 0.458. The summed E-state index contributed by atoms with van der Waals surface area (Å²) in [7, 11) is 0. The Bertz CT molecular complexity index is 1700. The second-order valence-corrected chi connectivity index (χ2v) is 14.4. The Labute approximate surface area is 299 Å². The van der Waals surface area contributed by atoms with Crippen molar-refractivity contribution < 1.29 is 20.4 Å². The van der Waals surface area contributed by atoms with E-state index < -0.39 is 0 Å². The summed E-state index contributed by atoms with van der Waals surface area (Å²) in [6, 6.07) is 22.8. The van der Waals surface area contributed by atoms with E-state index in [0.29, 0.717) is 22.3 Å². The van der Waals surface area contributed by atoms with Gasteiger partial charge in [-0.15, -0.1) is 0 Å². The fourth-order valence-electron chi connectivity index (χ4n) is 7.35. The molecule has 5 aromatic carbocycles. The van der Waals surface area contributed by atoms with Crippen molar-refractivity contribution in [1.82, 2.24) is 0 Å². The van der Waals surface area contributed by atoms with Gasteiger partial charge in [0.1, 0.15) is 23.0 Å². The lowest BCUT2D eigenvalue weighted by Crippen LogP contribution is -1.90. The summed E-state index contributed by atoms with van der Waals surface area (Å²) in [5.41, 5.74) is 4.07. The van der Waals surface area contributed by atoms with Gasteiger partial charge in [-0.1, -0.05) is 140 Å². The van der Waals surface area contributed by atoms with Gasteiger partial charge in [-0.3, -0.25) is 0 Å². The number of hydrogen-bond acceptors (Lipinski definition) is 4. The van der Waals surface area contributed by atoms with E-state index in [0.717, 1.165) is 47.2 Å². The fraction of sp³-hybridized carbons (Fsp3) is 0.435. The molecule has 4 nitrogen and oxygen atoms in total. The first-order valence-electron chi connectivity index (χ1n) is 19.5. The minimum absolute atomic E-state index is 0.0421. The molecule has 0 amide bonds. The molecule has 0 aliphatic carbocycles. The summed E-state index contributed by atoms with van der Waals surface area (Å²) >= 11 is 0. The van der Waals surface area contributed by atoms with Gasteiger partial charge in [-0.05, 0) is 94.8 Å². The van der Waals surface area contributed by atoms with E-state index in [1.807, 2.05) is 12.1 Å². The number of hydrogen-bond donors (Lipinski definition) is 4. The molecular formula is C46H58O4. The monoisotopic (exact) mass is 674 g/mol. The number of rotatable bonds is 20. The summed E-state index contributed by atoms with van der Waals surface area (Å²) < 4.78 is 0.